The molecular weight excluding hydrogens is 154 g/mol. The van der Waals surface area contributed by atoms with Gasteiger partial charge in [0, 0.05) is 25.7 Å². The highest BCUT2D eigenvalue weighted by Gasteiger charge is 2.16. The Morgan fingerprint density at radius 3 is 2.67 bits per heavy atom. The molecule has 0 aliphatic carbocycles. The lowest BCUT2D eigenvalue weighted by Crippen LogP contribution is -2.44. The zero-order chi connectivity index (χ0) is 8.81. The van der Waals surface area contributed by atoms with E-state index in [0.717, 1.165) is 39.5 Å². The number of ether oxygens (including phenoxy) is 2. The van der Waals surface area contributed by atoms with Crippen molar-refractivity contribution in [2.75, 3.05) is 39.5 Å². The van der Waals surface area contributed by atoms with Crippen LogP contribution in [-0.4, -0.2) is 50.5 Å². The van der Waals surface area contributed by atoms with Gasteiger partial charge in [-0.1, -0.05) is 0 Å². The average molecular weight is 173 g/mol. The molecule has 0 aromatic rings. The molecule has 0 radical (unpaired) electrons. The SMILES string of the molecule is CCOCC(C)N1CCOCC1. The van der Waals surface area contributed by atoms with Gasteiger partial charge in [0.1, 0.15) is 0 Å². The van der Waals surface area contributed by atoms with Crippen LogP contribution in [0.25, 0.3) is 0 Å². The highest BCUT2D eigenvalue weighted by Crippen LogP contribution is 2.03. The lowest BCUT2D eigenvalue weighted by molar-refractivity contribution is -0.00377. The monoisotopic (exact) mass is 173 g/mol. The first kappa shape index (κ1) is 9.96. The molecule has 1 aliphatic rings. The standard InChI is InChI=1S/C9H19NO2/c1-3-11-8-9(2)10-4-6-12-7-5-10/h9H,3-8H2,1-2H3. The number of nitrogens with zero attached hydrogens (tertiary/aromatic N) is 1. The number of hydrogen-bond acceptors (Lipinski definition) is 3. The largest absolute Gasteiger partial charge is 0.380 e. The molecule has 0 amide bonds. The van der Waals surface area contributed by atoms with E-state index in [0.29, 0.717) is 6.04 Å². The van der Waals surface area contributed by atoms with Crippen molar-refractivity contribution in [3.8, 4) is 0 Å². The zero-order valence-electron chi connectivity index (χ0n) is 8.08. The van der Waals surface area contributed by atoms with Crippen molar-refractivity contribution in [3.05, 3.63) is 0 Å². The first-order chi connectivity index (χ1) is 5.84. The third-order valence-corrected chi connectivity index (χ3v) is 2.23. The minimum atomic E-state index is 0.536. The fourth-order valence-electron chi connectivity index (χ4n) is 1.41. The predicted molar refractivity (Wildman–Crippen MR) is 48.3 cm³/mol. The normalized spacial score (nSPS) is 22.5. The molecule has 1 aliphatic heterocycles. The summed E-state index contributed by atoms with van der Waals surface area (Å²) in [4.78, 5) is 2.42. The minimum Gasteiger partial charge on any atom is -0.380 e. The number of rotatable bonds is 4. The molecular formula is C9H19NO2. The molecule has 1 atom stereocenters. The zero-order valence-corrected chi connectivity index (χ0v) is 8.08. The van der Waals surface area contributed by atoms with Crippen molar-refractivity contribution in [1.29, 1.82) is 0 Å². The average Bonchev–Trinajstić information content (AvgIpc) is 2.15. The smallest absolute Gasteiger partial charge is 0.0619 e. The van der Waals surface area contributed by atoms with Crippen molar-refractivity contribution < 1.29 is 9.47 Å². The third-order valence-electron chi connectivity index (χ3n) is 2.23. The molecule has 0 bridgehead atoms. The van der Waals surface area contributed by atoms with Gasteiger partial charge in [0.05, 0.1) is 19.8 Å². The Morgan fingerprint density at radius 1 is 1.42 bits per heavy atom. The van der Waals surface area contributed by atoms with E-state index < -0.39 is 0 Å². The lowest BCUT2D eigenvalue weighted by atomic mass is 10.3. The molecule has 1 rings (SSSR count). The summed E-state index contributed by atoms with van der Waals surface area (Å²) in [5, 5.41) is 0. The van der Waals surface area contributed by atoms with E-state index in [1.807, 2.05) is 6.92 Å². The number of hydrogen-bond donors (Lipinski definition) is 0. The Balaban J connectivity index is 2.15. The lowest BCUT2D eigenvalue weighted by Gasteiger charge is -2.31. The van der Waals surface area contributed by atoms with Gasteiger partial charge in [-0.05, 0) is 13.8 Å². The summed E-state index contributed by atoms with van der Waals surface area (Å²) in [6, 6.07) is 0.536. The van der Waals surface area contributed by atoms with Crippen molar-refractivity contribution in [1.82, 2.24) is 4.90 Å². The van der Waals surface area contributed by atoms with E-state index in [1.54, 1.807) is 0 Å². The van der Waals surface area contributed by atoms with Gasteiger partial charge in [0.15, 0.2) is 0 Å². The van der Waals surface area contributed by atoms with Crippen LogP contribution in [0.2, 0.25) is 0 Å². The summed E-state index contributed by atoms with van der Waals surface area (Å²) in [5.74, 6) is 0. The van der Waals surface area contributed by atoms with Gasteiger partial charge in [0.25, 0.3) is 0 Å². The van der Waals surface area contributed by atoms with E-state index >= 15 is 0 Å². The predicted octanol–water partition coefficient (Wildman–Crippen LogP) is 0.744. The minimum absolute atomic E-state index is 0.536. The Bertz CT molecular complexity index is 113. The summed E-state index contributed by atoms with van der Waals surface area (Å²) >= 11 is 0. The van der Waals surface area contributed by atoms with Gasteiger partial charge in [0.2, 0.25) is 0 Å². The van der Waals surface area contributed by atoms with Crippen LogP contribution in [0, 0.1) is 0 Å². The van der Waals surface area contributed by atoms with E-state index in [4.69, 9.17) is 9.47 Å². The quantitative estimate of drug-likeness (QED) is 0.626. The molecule has 0 N–H and O–H groups in total. The Kier molecular flexibility index (Phi) is 4.58. The van der Waals surface area contributed by atoms with Crippen LogP contribution in [0.1, 0.15) is 13.8 Å². The molecule has 1 heterocycles. The first-order valence-electron chi connectivity index (χ1n) is 4.74. The first-order valence-corrected chi connectivity index (χ1v) is 4.74. The van der Waals surface area contributed by atoms with Crippen LogP contribution in [0.15, 0.2) is 0 Å². The van der Waals surface area contributed by atoms with Crippen LogP contribution >= 0.6 is 0 Å². The van der Waals surface area contributed by atoms with Gasteiger partial charge in [-0.2, -0.15) is 0 Å². The Hall–Kier alpha value is -0.120. The van der Waals surface area contributed by atoms with Crippen LogP contribution in [0.4, 0.5) is 0 Å². The maximum Gasteiger partial charge on any atom is 0.0619 e. The van der Waals surface area contributed by atoms with Crippen LogP contribution in [-0.2, 0) is 9.47 Å². The van der Waals surface area contributed by atoms with Crippen molar-refractivity contribution in [2.24, 2.45) is 0 Å². The summed E-state index contributed by atoms with van der Waals surface area (Å²) in [6.07, 6.45) is 0. The molecule has 3 heteroatoms. The third kappa shape index (κ3) is 3.09. The summed E-state index contributed by atoms with van der Waals surface area (Å²) < 4.78 is 10.6. The maximum absolute atomic E-state index is 5.37. The van der Waals surface area contributed by atoms with Gasteiger partial charge in [-0.25, -0.2) is 0 Å². The van der Waals surface area contributed by atoms with Crippen molar-refractivity contribution >= 4 is 0 Å². The molecule has 72 valence electrons. The van der Waals surface area contributed by atoms with Crippen LogP contribution in [0.5, 0.6) is 0 Å². The topological polar surface area (TPSA) is 21.7 Å². The fraction of sp³-hybridized carbons (Fsp3) is 1.00. The molecule has 1 fully saturated rings. The molecule has 0 spiro atoms. The van der Waals surface area contributed by atoms with Gasteiger partial charge in [-0.3, -0.25) is 4.90 Å². The highest BCUT2D eigenvalue weighted by atomic mass is 16.5. The molecule has 1 saturated heterocycles. The van der Waals surface area contributed by atoms with Gasteiger partial charge >= 0.3 is 0 Å². The maximum atomic E-state index is 5.37. The fourth-order valence-corrected chi connectivity index (χ4v) is 1.41. The molecule has 3 nitrogen and oxygen atoms in total. The summed E-state index contributed by atoms with van der Waals surface area (Å²) in [6.45, 7) is 9.74. The second-order valence-corrected chi connectivity index (χ2v) is 3.16. The van der Waals surface area contributed by atoms with E-state index in [1.165, 1.54) is 0 Å². The van der Waals surface area contributed by atoms with Crippen LogP contribution in [0.3, 0.4) is 0 Å². The van der Waals surface area contributed by atoms with Gasteiger partial charge in [-0.15, -0.1) is 0 Å². The van der Waals surface area contributed by atoms with Crippen molar-refractivity contribution in [2.45, 2.75) is 19.9 Å². The molecule has 0 aromatic carbocycles. The van der Waals surface area contributed by atoms with E-state index in [-0.39, 0.29) is 0 Å². The van der Waals surface area contributed by atoms with Crippen LogP contribution < -0.4 is 0 Å². The molecule has 1 unspecified atom stereocenters. The molecule has 0 aromatic heterocycles. The van der Waals surface area contributed by atoms with E-state index in [2.05, 4.69) is 11.8 Å². The summed E-state index contributed by atoms with van der Waals surface area (Å²) in [7, 11) is 0. The Morgan fingerprint density at radius 2 is 2.08 bits per heavy atom. The summed E-state index contributed by atoms with van der Waals surface area (Å²) in [5.41, 5.74) is 0. The van der Waals surface area contributed by atoms with E-state index in [9.17, 15) is 0 Å². The van der Waals surface area contributed by atoms with Crippen molar-refractivity contribution in [3.63, 3.8) is 0 Å². The Labute approximate surface area is 74.6 Å². The second kappa shape index (κ2) is 5.51. The number of morpholine rings is 1. The second-order valence-electron chi connectivity index (χ2n) is 3.16. The van der Waals surface area contributed by atoms with Gasteiger partial charge < -0.3 is 9.47 Å². The molecule has 0 saturated carbocycles. The molecule has 12 heavy (non-hydrogen) atoms. The highest BCUT2D eigenvalue weighted by molar-refractivity contribution is 4.69.